The van der Waals surface area contributed by atoms with Crippen LogP contribution in [0, 0.1) is 0 Å². The molecule has 0 aliphatic heterocycles. The second-order valence-electron chi connectivity index (χ2n) is 3.31. The van der Waals surface area contributed by atoms with Crippen LogP contribution >= 0.6 is 15.9 Å². The highest BCUT2D eigenvalue weighted by Gasteiger charge is 2.24. The first-order chi connectivity index (χ1) is 8.38. The number of carboxylic acids is 1. The molecule has 0 atom stereocenters. The number of sulfonamides is 1. The smallest absolute Gasteiger partial charge is 0.371 e. The molecule has 0 spiro atoms. The summed E-state index contributed by atoms with van der Waals surface area (Å²) in [6, 6.07) is 0.963. The van der Waals surface area contributed by atoms with Crippen LogP contribution in [-0.4, -0.2) is 26.0 Å². The summed E-state index contributed by atoms with van der Waals surface area (Å²) < 4.78 is 30.7. The average Bonchev–Trinajstić information content (AvgIpc) is 2.68. The van der Waals surface area contributed by atoms with Gasteiger partial charge in [0.05, 0.1) is 0 Å². The van der Waals surface area contributed by atoms with Crippen LogP contribution in [0.2, 0.25) is 0 Å². The highest BCUT2D eigenvalue weighted by Crippen LogP contribution is 2.25. The zero-order valence-corrected chi connectivity index (χ0v) is 11.9. The number of allylic oxidation sites excluding steroid dienone is 1. The SMILES string of the molecule is C/C=C/CCNS(=O)(=O)c1cc(C(=O)O)oc1Br. The predicted molar refractivity (Wildman–Crippen MR) is 68.0 cm³/mol. The third-order valence-electron chi connectivity index (χ3n) is 1.99. The van der Waals surface area contributed by atoms with Gasteiger partial charge >= 0.3 is 5.97 Å². The molecule has 100 valence electrons. The molecule has 0 unspecified atom stereocenters. The van der Waals surface area contributed by atoms with Crippen LogP contribution < -0.4 is 4.72 Å². The van der Waals surface area contributed by atoms with E-state index in [1.54, 1.807) is 0 Å². The topological polar surface area (TPSA) is 96.6 Å². The Balaban J connectivity index is 2.88. The third-order valence-corrected chi connectivity index (χ3v) is 4.31. The molecule has 8 heteroatoms. The summed E-state index contributed by atoms with van der Waals surface area (Å²) in [4.78, 5) is 10.4. The lowest BCUT2D eigenvalue weighted by atomic mass is 10.4. The summed E-state index contributed by atoms with van der Waals surface area (Å²) in [7, 11) is -3.77. The van der Waals surface area contributed by atoms with Gasteiger partial charge in [-0.1, -0.05) is 12.2 Å². The molecule has 0 saturated carbocycles. The van der Waals surface area contributed by atoms with Gasteiger partial charge in [0.25, 0.3) is 0 Å². The van der Waals surface area contributed by atoms with E-state index in [0.29, 0.717) is 6.42 Å². The first kappa shape index (κ1) is 14.9. The maximum absolute atomic E-state index is 11.8. The Bertz CT molecular complexity index is 561. The molecule has 1 rings (SSSR count). The molecular formula is C10H12BrNO5S. The van der Waals surface area contributed by atoms with Crippen LogP contribution in [0.1, 0.15) is 23.9 Å². The Kier molecular flexibility index (Phi) is 5.12. The third kappa shape index (κ3) is 3.69. The van der Waals surface area contributed by atoms with Crippen LogP contribution in [0.3, 0.4) is 0 Å². The van der Waals surface area contributed by atoms with Crippen molar-refractivity contribution in [3.63, 3.8) is 0 Å². The van der Waals surface area contributed by atoms with Crippen molar-refractivity contribution in [3.05, 3.63) is 28.6 Å². The van der Waals surface area contributed by atoms with Gasteiger partial charge in [-0.15, -0.1) is 0 Å². The van der Waals surface area contributed by atoms with Crippen molar-refractivity contribution in [2.24, 2.45) is 0 Å². The zero-order chi connectivity index (χ0) is 13.8. The summed E-state index contributed by atoms with van der Waals surface area (Å²) >= 11 is 2.88. The van der Waals surface area contributed by atoms with Crippen LogP contribution in [0.4, 0.5) is 0 Å². The van der Waals surface area contributed by atoms with Gasteiger partial charge in [-0.3, -0.25) is 0 Å². The quantitative estimate of drug-likeness (QED) is 0.611. The Labute approximate surface area is 113 Å². The van der Waals surface area contributed by atoms with Gasteiger partial charge in [-0.05, 0) is 29.3 Å². The maximum atomic E-state index is 11.8. The summed E-state index contributed by atoms with van der Waals surface area (Å²) in [5.41, 5.74) is 0. The van der Waals surface area contributed by atoms with Crippen molar-refractivity contribution >= 4 is 31.9 Å². The van der Waals surface area contributed by atoms with E-state index in [0.717, 1.165) is 6.07 Å². The lowest BCUT2D eigenvalue weighted by molar-refractivity contribution is 0.0661. The minimum Gasteiger partial charge on any atom is -0.475 e. The number of halogens is 1. The largest absolute Gasteiger partial charge is 0.475 e. The number of rotatable bonds is 6. The van der Waals surface area contributed by atoms with Gasteiger partial charge in [-0.2, -0.15) is 0 Å². The van der Waals surface area contributed by atoms with Gasteiger partial charge in [0.2, 0.25) is 15.8 Å². The first-order valence-electron chi connectivity index (χ1n) is 5.02. The number of hydrogen-bond acceptors (Lipinski definition) is 4. The number of aromatic carboxylic acids is 1. The molecule has 0 radical (unpaired) electrons. The molecule has 1 aromatic heterocycles. The Morgan fingerprint density at radius 2 is 2.28 bits per heavy atom. The summed E-state index contributed by atoms with van der Waals surface area (Å²) in [5.74, 6) is -1.76. The van der Waals surface area contributed by atoms with Crippen molar-refractivity contribution in [1.29, 1.82) is 0 Å². The number of carboxylic acid groups (broad SMARTS) is 1. The van der Waals surface area contributed by atoms with Crippen LogP contribution in [0.25, 0.3) is 0 Å². The molecule has 0 fully saturated rings. The van der Waals surface area contributed by atoms with E-state index in [1.807, 2.05) is 19.1 Å². The minimum absolute atomic E-state index is 0.126. The van der Waals surface area contributed by atoms with Gasteiger partial charge < -0.3 is 9.52 Å². The van der Waals surface area contributed by atoms with Crippen molar-refractivity contribution < 1.29 is 22.7 Å². The number of furan rings is 1. The zero-order valence-electron chi connectivity index (χ0n) is 9.51. The fourth-order valence-electron chi connectivity index (χ4n) is 1.16. The molecule has 2 N–H and O–H groups in total. The fourth-order valence-corrected chi connectivity index (χ4v) is 3.15. The highest BCUT2D eigenvalue weighted by atomic mass is 79.9. The normalized spacial score (nSPS) is 12.1. The molecule has 1 heterocycles. The molecule has 18 heavy (non-hydrogen) atoms. The van der Waals surface area contributed by atoms with E-state index in [1.165, 1.54) is 0 Å². The molecule has 0 saturated heterocycles. The number of hydrogen-bond donors (Lipinski definition) is 2. The molecule has 0 aliphatic carbocycles. The Hall–Kier alpha value is -1.12. The monoisotopic (exact) mass is 337 g/mol. The molecule has 0 amide bonds. The number of nitrogens with one attached hydrogen (secondary N) is 1. The first-order valence-corrected chi connectivity index (χ1v) is 7.29. The fraction of sp³-hybridized carbons (Fsp3) is 0.300. The van der Waals surface area contributed by atoms with E-state index < -0.39 is 21.8 Å². The van der Waals surface area contributed by atoms with E-state index >= 15 is 0 Å². The average molecular weight is 338 g/mol. The van der Waals surface area contributed by atoms with Crippen LogP contribution in [0.5, 0.6) is 0 Å². The van der Waals surface area contributed by atoms with E-state index in [-0.39, 0.29) is 16.1 Å². The molecule has 0 bridgehead atoms. The molecule has 0 aliphatic rings. The Morgan fingerprint density at radius 3 is 2.78 bits per heavy atom. The highest BCUT2D eigenvalue weighted by molar-refractivity contribution is 9.10. The Morgan fingerprint density at radius 1 is 1.61 bits per heavy atom. The van der Waals surface area contributed by atoms with Crippen molar-refractivity contribution in [1.82, 2.24) is 4.72 Å². The molecule has 6 nitrogen and oxygen atoms in total. The second-order valence-corrected chi connectivity index (χ2v) is 5.76. The summed E-state index contributed by atoms with van der Waals surface area (Å²) in [5, 5.41) is 8.70. The number of carbonyl (C=O) groups is 1. The van der Waals surface area contributed by atoms with Gasteiger partial charge in [0, 0.05) is 12.6 Å². The van der Waals surface area contributed by atoms with Crippen molar-refractivity contribution in [2.75, 3.05) is 6.54 Å². The molecular weight excluding hydrogens is 326 g/mol. The van der Waals surface area contributed by atoms with E-state index in [9.17, 15) is 13.2 Å². The van der Waals surface area contributed by atoms with Crippen LogP contribution in [-0.2, 0) is 10.0 Å². The van der Waals surface area contributed by atoms with E-state index in [4.69, 9.17) is 9.52 Å². The lowest BCUT2D eigenvalue weighted by Gasteiger charge is -2.02. The van der Waals surface area contributed by atoms with Gasteiger partial charge in [0.1, 0.15) is 4.90 Å². The van der Waals surface area contributed by atoms with E-state index in [2.05, 4.69) is 20.7 Å². The molecule has 1 aromatic rings. The van der Waals surface area contributed by atoms with Crippen molar-refractivity contribution in [2.45, 2.75) is 18.2 Å². The second kappa shape index (κ2) is 6.17. The lowest BCUT2D eigenvalue weighted by Crippen LogP contribution is -2.24. The molecule has 0 aromatic carbocycles. The van der Waals surface area contributed by atoms with Gasteiger partial charge in [-0.25, -0.2) is 17.9 Å². The summed E-state index contributed by atoms with van der Waals surface area (Å²) in [6.45, 7) is 2.06. The maximum Gasteiger partial charge on any atom is 0.371 e. The van der Waals surface area contributed by atoms with Crippen LogP contribution in [0.15, 0.2) is 32.2 Å². The van der Waals surface area contributed by atoms with Gasteiger partial charge in [0.15, 0.2) is 4.67 Å². The van der Waals surface area contributed by atoms with Crippen molar-refractivity contribution in [3.8, 4) is 0 Å². The standard InChI is InChI=1S/C10H12BrNO5S/c1-2-3-4-5-12-18(15,16)8-6-7(10(13)14)17-9(8)11/h2-3,6,12H,4-5H2,1H3,(H,13,14)/b3-2+. The predicted octanol–water partition coefficient (Wildman–Crippen LogP) is 1.98. The minimum atomic E-state index is -3.77. The summed E-state index contributed by atoms with van der Waals surface area (Å²) in [6.07, 6.45) is 4.18.